The number of nitro benzene ring substituents is 1. The van der Waals surface area contributed by atoms with Crippen LogP contribution in [0.2, 0.25) is 0 Å². The minimum absolute atomic E-state index is 0.124. The molecular weight excluding hydrogens is 406 g/mol. The summed E-state index contributed by atoms with van der Waals surface area (Å²) < 4.78 is 12.9. The van der Waals surface area contributed by atoms with Crippen LogP contribution in [0.5, 0.6) is 5.75 Å². The van der Waals surface area contributed by atoms with Gasteiger partial charge in [-0.3, -0.25) is 14.9 Å². The summed E-state index contributed by atoms with van der Waals surface area (Å²) in [7, 11) is 1.44. The van der Waals surface area contributed by atoms with E-state index in [-0.39, 0.29) is 11.2 Å². The van der Waals surface area contributed by atoms with Crippen molar-refractivity contribution in [3.8, 4) is 17.1 Å². The highest BCUT2D eigenvalue weighted by atomic mass is 32.1. The molecule has 0 bridgehead atoms. The Morgan fingerprint density at radius 1 is 1.20 bits per heavy atom. The van der Waals surface area contributed by atoms with E-state index in [0.717, 1.165) is 11.0 Å². The van der Waals surface area contributed by atoms with Crippen LogP contribution >= 0.6 is 11.3 Å². The smallest absolute Gasteiger partial charge is 0.284 e. The summed E-state index contributed by atoms with van der Waals surface area (Å²) in [6.45, 7) is 0. The molecule has 0 amide bonds. The van der Waals surface area contributed by atoms with Gasteiger partial charge in [-0.05, 0) is 36.4 Å². The van der Waals surface area contributed by atoms with E-state index < -0.39 is 4.92 Å². The van der Waals surface area contributed by atoms with Crippen molar-refractivity contribution in [2.75, 3.05) is 7.11 Å². The quantitative estimate of drug-likeness (QED) is 0.326. The molecule has 3 heterocycles. The SMILES string of the molecule is COc1ccc(-c2ccc(/C=c3/sc4nc5ccccc5n4c3=O)o2)c([N+](=O)[O-])c1. The van der Waals surface area contributed by atoms with E-state index in [1.807, 2.05) is 24.3 Å². The standard InChI is InChI=1S/C21H13N3O5S/c1-28-12-6-8-14(17(10-12)24(26)27)18-9-7-13(29-18)11-19-20(25)23-16-5-3-2-4-15(16)22-21(23)30-19/h2-11H,1H3/b19-11+. The molecule has 0 saturated carbocycles. The average Bonchev–Trinajstić information content (AvgIpc) is 3.43. The number of methoxy groups -OCH3 is 1. The van der Waals surface area contributed by atoms with Gasteiger partial charge in [0.05, 0.1) is 34.7 Å². The largest absolute Gasteiger partial charge is 0.497 e. The van der Waals surface area contributed by atoms with E-state index in [9.17, 15) is 14.9 Å². The maximum Gasteiger partial charge on any atom is 0.284 e. The lowest BCUT2D eigenvalue weighted by Gasteiger charge is -2.03. The van der Waals surface area contributed by atoms with E-state index in [2.05, 4.69) is 4.98 Å². The lowest BCUT2D eigenvalue weighted by molar-refractivity contribution is -0.384. The Balaban J connectivity index is 1.60. The minimum atomic E-state index is -0.487. The molecule has 0 saturated heterocycles. The van der Waals surface area contributed by atoms with Gasteiger partial charge in [-0.2, -0.15) is 0 Å². The van der Waals surface area contributed by atoms with E-state index in [1.165, 1.54) is 24.5 Å². The van der Waals surface area contributed by atoms with Crippen LogP contribution in [0.4, 0.5) is 5.69 Å². The van der Waals surface area contributed by atoms with Gasteiger partial charge in [0.15, 0.2) is 4.96 Å². The van der Waals surface area contributed by atoms with E-state index in [0.29, 0.717) is 32.3 Å². The van der Waals surface area contributed by atoms with Gasteiger partial charge >= 0.3 is 0 Å². The van der Waals surface area contributed by atoms with Gasteiger partial charge in [-0.1, -0.05) is 23.5 Å². The number of ether oxygens (including phenoxy) is 1. The van der Waals surface area contributed by atoms with Gasteiger partial charge in [0, 0.05) is 6.08 Å². The third-order valence-electron chi connectivity index (χ3n) is 4.71. The van der Waals surface area contributed by atoms with Gasteiger partial charge in [-0.25, -0.2) is 9.38 Å². The molecule has 5 rings (SSSR count). The van der Waals surface area contributed by atoms with Gasteiger partial charge in [-0.15, -0.1) is 0 Å². The predicted octanol–water partition coefficient (Wildman–Crippen LogP) is 3.63. The second-order valence-corrected chi connectivity index (χ2v) is 7.49. The summed E-state index contributed by atoms with van der Waals surface area (Å²) in [6, 6.07) is 15.3. The Morgan fingerprint density at radius 3 is 2.83 bits per heavy atom. The molecule has 148 valence electrons. The predicted molar refractivity (Wildman–Crippen MR) is 113 cm³/mol. The lowest BCUT2D eigenvalue weighted by atomic mass is 10.1. The Kier molecular flexibility index (Phi) is 4.11. The number of nitrogens with zero attached hydrogens (tertiary/aromatic N) is 3. The van der Waals surface area contributed by atoms with Crippen LogP contribution in [0, 0.1) is 10.1 Å². The van der Waals surface area contributed by atoms with Gasteiger partial charge in [0.1, 0.15) is 21.8 Å². The molecule has 9 heteroatoms. The van der Waals surface area contributed by atoms with Crippen LogP contribution in [-0.2, 0) is 0 Å². The Bertz CT molecular complexity index is 1550. The van der Waals surface area contributed by atoms with Gasteiger partial charge in [0.25, 0.3) is 11.2 Å². The van der Waals surface area contributed by atoms with Crippen molar-refractivity contribution in [2.45, 2.75) is 0 Å². The number of para-hydroxylation sites is 2. The molecule has 0 aliphatic carbocycles. The first-order valence-corrected chi connectivity index (χ1v) is 9.71. The summed E-state index contributed by atoms with van der Waals surface area (Å²) in [6.07, 6.45) is 1.62. The first-order valence-electron chi connectivity index (χ1n) is 8.89. The van der Waals surface area contributed by atoms with Crippen molar-refractivity contribution < 1.29 is 14.1 Å². The highest BCUT2D eigenvalue weighted by molar-refractivity contribution is 7.15. The molecule has 0 fully saturated rings. The topological polar surface area (TPSA) is 99.9 Å². The molecule has 0 aliphatic heterocycles. The fourth-order valence-electron chi connectivity index (χ4n) is 3.31. The summed E-state index contributed by atoms with van der Waals surface area (Å²) in [4.78, 5) is 28.9. The number of fused-ring (bicyclic) bond motifs is 3. The van der Waals surface area contributed by atoms with E-state index in [1.54, 1.807) is 34.7 Å². The number of hydrogen-bond donors (Lipinski definition) is 0. The maximum absolute atomic E-state index is 12.9. The zero-order chi connectivity index (χ0) is 20.8. The number of rotatable bonds is 4. The monoisotopic (exact) mass is 419 g/mol. The number of imidazole rings is 1. The molecule has 3 aromatic heterocycles. The number of furan rings is 1. The van der Waals surface area contributed by atoms with Crippen LogP contribution in [0.3, 0.4) is 0 Å². The highest BCUT2D eigenvalue weighted by Gasteiger charge is 2.19. The van der Waals surface area contributed by atoms with Crippen molar-refractivity contribution in [1.29, 1.82) is 0 Å². The summed E-state index contributed by atoms with van der Waals surface area (Å²) in [5, 5.41) is 11.4. The van der Waals surface area contributed by atoms with Crippen LogP contribution < -0.4 is 14.8 Å². The summed E-state index contributed by atoms with van der Waals surface area (Å²) >= 11 is 1.26. The molecule has 0 aliphatic rings. The van der Waals surface area contributed by atoms with Crippen LogP contribution in [0.25, 0.3) is 33.4 Å². The van der Waals surface area contributed by atoms with E-state index >= 15 is 0 Å². The molecule has 30 heavy (non-hydrogen) atoms. The van der Waals surface area contributed by atoms with Crippen LogP contribution in [0.1, 0.15) is 5.76 Å². The third-order valence-corrected chi connectivity index (χ3v) is 5.68. The molecule has 2 aromatic carbocycles. The zero-order valence-corrected chi connectivity index (χ0v) is 16.4. The molecule has 0 radical (unpaired) electrons. The fourth-order valence-corrected chi connectivity index (χ4v) is 4.28. The molecule has 8 nitrogen and oxygen atoms in total. The van der Waals surface area contributed by atoms with Crippen molar-refractivity contribution in [3.05, 3.63) is 85.4 Å². The second-order valence-electron chi connectivity index (χ2n) is 6.48. The summed E-state index contributed by atoms with van der Waals surface area (Å²) in [5.41, 5.74) is 1.54. The average molecular weight is 419 g/mol. The second kappa shape index (κ2) is 6.82. The van der Waals surface area contributed by atoms with Crippen molar-refractivity contribution in [3.63, 3.8) is 0 Å². The molecular formula is C21H13N3O5S. The van der Waals surface area contributed by atoms with Crippen molar-refractivity contribution in [2.24, 2.45) is 0 Å². The first-order chi connectivity index (χ1) is 14.5. The minimum Gasteiger partial charge on any atom is -0.497 e. The third kappa shape index (κ3) is 2.83. The molecule has 0 atom stereocenters. The highest BCUT2D eigenvalue weighted by Crippen LogP contribution is 2.34. The molecule has 0 unspecified atom stereocenters. The zero-order valence-electron chi connectivity index (χ0n) is 15.6. The molecule has 0 spiro atoms. The number of benzene rings is 2. The Morgan fingerprint density at radius 2 is 2.03 bits per heavy atom. The number of aromatic nitrogens is 2. The maximum atomic E-state index is 12.9. The fraction of sp³-hybridized carbons (Fsp3) is 0.0476. The van der Waals surface area contributed by atoms with Crippen molar-refractivity contribution >= 4 is 39.1 Å². The van der Waals surface area contributed by atoms with Crippen molar-refractivity contribution in [1.82, 2.24) is 9.38 Å². The van der Waals surface area contributed by atoms with E-state index in [4.69, 9.17) is 9.15 Å². The normalized spacial score (nSPS) is 12.1. The molecule has 0 N–H and O–H groups in total. The number of hydrogen-bond acceptors (Lipinski definition) is 7. The first kappa shape index (κ1) is 18.1. The number of nitro groups is 1. The Hall–Kier alpha value is -3.98. The lowest BCUT2D eigenvalue weighted by Crippen LogP contribution is -2.22. The Labute approximate surface area is 172 Å². The van der Waals surface area contributed by atoms with Gasteiger partial charge in [0.2, 0.25) is 0 Å². The molecule has 5 aromatic rings. The van der Waals surface area contributed by atoms with Crippen LogP contribution in [0.15, 0.2) is 63.8 Å². The van der Waals surface area contributed by atoms with Crippen LogP contribution in [-0.4, -0.2) is 21.4 Å². The number of thiazole rings is 1. The van der Waals surface area contributed by atoms with Gasteiger partial charge < -0.3 is 9.15 Å². The summed E-state index contributed by atoms with van der Waals surface area (Å²) in [5.74, 6) is 1.13.